The Bertz CT molecular complexity index is 1340. The molecule has 0 saturated heterocycles. The fourth-order valence-electron chi connectivity index (χ4n) is 4.35. The van der Waals surface area contributed by atoms with Crippen LogP contribution in [0.5, 0.6) is 17.2 Å². The standard InChI is InChI=1S/C28H29ClN2O4/c1-5-34-24-12-9-13-25(35-6-2)28(24)30-26(32)17-22-27(19-10-7-8-11-23(19)33-4)20-16-18(29)14-15-21(20)31(22)3/h7-16H,5-6,17H2,1-4H3,(H,30,32). The topological polar surface area (TPSA) is 61.7 Å². The summed E-state index contributed by atoms with van der Waals surface area (Å²) in [5.74, 6) is 1.68. The number of hydrogen-bond donors (Lipinski definition) is 1. The molecular weight excluding hydrogens is 464 g/mol. The lowest BCUT2D eigenvalue weighted by molar-refractivity contribution is -0.115. The Morgan fingerprint density at radius 3 is 2.26 bits per heavy atom. The Morgan fingerprint density at radius 1 is 0.943 bits per heavy atom. The normalized spacial score (nSPS) is 10.9. The highest BCUT2D eigenvalue weighted by Crippen LogP contribution is 2.41. The molecule has 0 aliphatic heterocycles. The molecule has 1 heterocycles. The Morgan fingerprint density at radius 2 is 1.60 bits per heavy atom. The summed E-state index contributed by atoms with van der Waals surface area (Å²) < 4.78 is 19.2. The first-order chi connectivity index (χ1) is 17.0. The van der Waals surface area contributed by atoms with E-state index in [1.54, 1.807) is 7.11 Å². The van der Waals surface area contributed by atoms with Crippen molar-refractivity contribution in [1.82, 2.24) is 4.57 Å². The van der Waals surface area contributed by atoms with Gasteiger partial charge >= 0.3 is 0 Å². The van der Waals surface area contributed by atoms with E-state index < -0.39 is 0 Å². The molecule has 35 heavy (non-hydrogen) atoms. The number of carbonyl (C=O) groups is 1. The van der Waals surface area contributed by atoms with E-state index >= 15 is 0 Å². The summed E-state index contributed by atoms with van der Waals surface area (Å²) in [7, 11) is 3.60. The Kier molecular flexibility index (Phi) is 7.51. The van der Waals surface area contributed by atoms with E-state index in [0.717, 1.165) is 33.5 Å². The lowest BCUT2D eigenvalue weighted by atomic mass is 9.99. The summed E-state index contributed by atoms with van der Waals surface area (Å²) in [5.41, 5.74) is 4.16. The maximum absolute atomic E-state index is 13.4. The third-order valence-corrected chi connectivity index (χ3v) is 6.07. The van der Waals surface area contributed by atoms with Gasteiger partial charge in [0.2, 0.25) is 5.91 Å². The molecule has 182 valence electrons. The number of nitrogens with zero attached hydrogens (tertiary/aromatic N) is 1. The van der Waals surface area contributed by atoms with Gasteiger partial charge in [0.05, 0.1) is 26.7 Å². The highest BCUT2D eigenvalue weighted by atomic mass is 35.5. The van der Waals surface area contributed by atoms with Crippen molar-refractivity contribution in [2.45, 2.75) is 20.3 Å². The number of benzene rings is 3. The van der Waals surface area contributed by atoms with Gasteiger partial charge in [-0.3, -0.25) is 4.79 Å². The second-order valence-corrected chi connectivity index (χ2v) is 8.40. The predicted molar refractivity (Wildman–Crippen MR) is 141 cm³/mol. The molecule has 0 spiro atoms. The van der Waals surface area contributed by atoms with Crippen LogP contribution in [0, 0.1) is 0 Å². The van der Waals surface area contributed by atoms with Gasteiger partial charge in [0.15, 0.2) is 0 Å². The van der Waals surface area contributed by atoms with Crippen molar-refractivity contribution in [3.05, 3.63) is 71.4 Å². The molecule has 4 rings (SSSR count). The number of rotatable bonds is 9. The van der Waals surface area contributed by atoms with Crippen LogP contribution in [0.3, 0.4) is 0 Å². The van der Waals surface area contributed by atoms with Crippen LogP contribution in [0.2, 0.25) is 5.02 Å². The van der Waals surface area contributed by atoms with Gasteiger partial charge in [-0.05, 0) is 50.2 Å². The van der Waals surface area contributed by atoms with Crippen molar-refractivity contribution in [1.29, 1.82) is 0 Å². The fourth-order valence-corrected chi connectivity index (χ4v) is 4.52. The molecule has 0 radical (unpaired) electrons. The molecule has 1 aromatic heterocycles. The van der Waals surface area contributed by atoms with Gasteiger partial charge in [0.25, 0.3) is 0 Å². The smallest absolute Gasteiger partial charge is 0.230 e. The van der Waals surface area contributed by atoms with E-state index in [-0.39, 0.29) is 12.3 Å². The minimum Gasteiger partial charge on any atom is -0.496 e. The van der Waals surface area contributed by atoms with Crippen LogP contribution in [0.1, 0.15) is 19.5 Å². The van der Waals surface area contributed by atoms with Gasteiger partial charge in [-0.25, -0.2) is 0 Å². The van der Waals surface area contributed by atoms with Crippen molar-refractivity contribution in [3.8, 4) is 28.4 Å². The minimum atomic E-state index is -0.189. The maximum Gasteiger partial charge on any atom is 0.230 e. The van der Waals surface area contributed by atoms with Crippen LogP contribution in [-0.4, -0.2) is 30.8 Å². The molecule has 0 unspecified atom stereocenters. The fraction of sp³-hybridized carbons (Fsp3) is 0.250. The zero-order valence-electron chi connectivity index (χ0n) is 20.4. The zero-order valence-corrected chi connectivity index (χ0v) is 21.1. The van der Waals surface area contributed by atoms with Crippen molar-refractivity contribution < 1.29 is 19.0 Å². The summed E-state index contributed by atoms with van der Waals surface area (Å²) in [4.78, 5) is 13.4. The molecule has 1 N–H and O–H groups in total. The van der Waals surface area contributed by atoms with Crippen LogP contribution in [-0.2, 0) is 18.3 Å². The zero-order chi connectivity index (χ0) is 24.9. The molecule has 0 atom stereocenters. The predicted octanol–water partition coefficient (Wildman–Crippen LogP) is 6.49. The molecule has 0 fully saturated rings. The number of hydrogen-bond acceptors (Lipinski definition) is 4. The van der Waals surface area contributed by atoms with E-state index in [1.807, 2.05) is 86.1 Å². The van der Waals surface area contributed by atoms with Gasteiger partial charge in [-0.1, -0.05) is 35.9 Å². The summed E-state index contributed by atoms with van der Waals surface area (Å²) >= 11 is 6.37. The van der Waals surface area contributed by atoms with Gasteiger partial charge in [0.1, 0.15) is 22.9 Å². The number of aryl methyl sites for hydroxylation is 1. The van der Waals surface area contributed by atoms with Crippen molar-refractivity contribution in [2.24, 2.45) is 7.05 Å². The van der Waals surface area contributed by atoms with Crippen LogP contribution >= 0.6 is 11.6 Å². The second-order valence-electron chi connectivity index (χ2n) is 7.96. The first-order valence-electron chi connectivity index (χ1n) is 11.6. The summed E-state index contributed by atoms with van der Waals surface area (Å²) in [6.07, 6.45) is 0.127. The molecule has 0 aliphatic rings. The lowest BCUT2D eigenvalue weighted by Gasteiger charge is -2.17. The average molecular weight is 493 g/mol. The highest BCUT2D eigenvalue weighted by Gasteiger charge is 2.23. The molecule has 1 amide bonds. The molecule has 6 nitrogen and oxygen atoms in total. The largest absolute Gasteiger partial charge is 0.496 e. The van der Waals surface area contributed by atoms with E-state index in [2.05, 4.69) is 5.32 Å². The second kappa shape index (κ2) is 10.7. The van der Waals surface area contributed by atoms with Crippen molar-refractivity contribution in [2.75, 3.05) is 25.6 Å². The molecule has 4 aromatic rings. The van der Waals surface area contributed by atoms with Gasteiger partial charge in [-0.2, -0.15) is 0 Å². The average Bonchev–Trinajstić information content (AvgIpc) is 3.11. The third kappa shape index (κ3) is 4.93. The van der Waals surface area contributed by atoms with Crippen LogP contribution in [0.4, 0.5) is 5.69 Å². The highest BCUT2D eigenvalue weighted by molar-refractivity contribution is 6.31. The molecule has 7 heteroatoms. The third-order valence-electron chi connectivity index (χ3n) is 5.84. The summed E-state index contributed by atoms with van der Waals surface area (Å²) in [6, 6.07) is 19.0. The van der Waals surface area contributed by atoms with E-state index in [4.69, 9.17) is 25.8 Å². The monoisotopic (exact) mass is 492 g/mol. The molecule has 0 aliphatic carbocycles. The van der Waals surface area contributed by atoms with Gasteiger partial charge in [-0.15, -0.1) is 0 Å². The van der Waals surface area contributed by atoms with Crippen LogP contribution in [0.25, 0.3) is 22.0 Å². The maximum atomic E-state index is 13.4. The summed E-state index contributed by atoms with van der Waals surface area (Å²) in [6.45, 7) is 4.75. The Balaban J connectivity index is 1.79. The number of fused-ring (bicyclic) bond motifs is 1. The number of nitrogens with one attached hydrogen (secondary N) is 1. The first-order valence-corrected chi connectivity index (χ1v) is 11.9. The number of para-hydroxylation sites is 2. The first kappa shape index (κ1) is 24.5. The lowest BCUT2D eigenvalue weighted by Crippen LogP contribution is -2.18. The Labute approximate surface area is 210 Å². The Hall–Kier alpha value is -3.64. The number of methoxy groups -OCH3 is 1. The minimum absolute atomic E-state index is 0.127. The van der Waals surface area contributed by atoms with Crippen molar-refractivity contribution >= 4 is 34.1 Å². The quantitative estimate of drug-likeness (QED) is 0.290. The number of halogens is 1. The van der Waals surface area contributed by atoms with Crippen molar-refractivity contribution in [3.63, 3.8) is 0 Å². The molecule has 0 bridgehead atoms. The summed E-state index contributed by atoms with van der Waals surface area (Å²) in [5, 5.41) is 4.61. The molecule has 0 saturated carbocycles. The SMILES string of the molecule is CCOc1cccc(OCC)c1NC(=O)Cc1c(-c2ccccc2OC)c2cc(Cl)ccc2n1C. The number of anilines is 1. The van der Waals surface area contributed by atoms with Gasteiger partial charge in [0, 0.05) is 39.8 Å². The molecular formula is C28H29ClN2O4. The van der Waals surface area contributed by atoms with E-state index in [1.165, 1.54) is 0 Å². The number of amides is 1. The van der Waals surface area contributed by atoms with Gasteiger partial charge < -0.3 is 24.1 Å². The van der Waals surface area contributed by atoms with E-state index in [0.29, 0.717) is 35.4 Å². The molecule has 3 aromatic carbocycles. The number of aromatic nitrogens is 1. The van der Waals surface area contributed by atoms with Crippen LogP contribution < -0.4 is 19.5 Å². The van der Waals surface area contributed by atoms with Crippen LogP contribution in [0.15, 0.2) is 60.7 Å². The number of carbonyl (C=O) groups excluding carboxylic acids is 1. The number of ether oxygens (including phenoxy) is 3. The van der Waals surface area contributed by atoms with E-state index in [9.17, 15) is 4.79 Å².